The highest BCUT2D eigenvalue weighted by Crippen LogP contribution is 2.29. The molecule has 2 atom stereocenters. The van der Waals surface area contributed by atoms with Gasteiger partial charge >= 0.3 is 0 Å². The van der Waals surface area contributed by atoms with E-state index in [2.05, 4.69) is 35.2 Å². The lowest BCUT2D eigenvalue weighted by molar-refractivity contribution is 0.0916. The molecular weight excluding hydrogens is 230 g/mol. The van der Waals surface area contributed by atoms with Crippen LogP contribution in [0.5, 0.6) is 0 Å². The molecule has 1 saturated heterocycles. The maximum atomic E-state index is 9.83. The van der Waals surface area contributed by atoms with E-state index in [4.69, 9.17) is 0 Å². The predicted molar refractivity (Wildman–Crippen MR) is 74.4 cm³/mol. The molecule has 1 aliphatic rings. The predicted octanol–water partition coefficient (Wildman–Crippen LogP) is 2.55. The first-order chi connectivity index (χ1) is 8.31. The van der Waals surface area contributed by atoms with E-state index in [-0.39, 0.29) is 6.10 Å². The summed E-state index contributed by atoms with van der Waals surface area (Å²) in [5, 5.41) is 9.83. The summed E-state index contributed by atoms with van der Waals surface area (Å²) in [6.45, 7) is 3.93. The van der Waals surface area contributed by atoms with E-state index in [0.717, 1.165) is 25.3 Å². The summed E-state index contributed by atoms with van der Waals surface area (Å²) in [4.78, 5) is 2.43. The first-order valence-electron chi connectivity index (χ1n) is 6.36. The van der Waals surface area contributed by atoms with Gasteiger partial charge in [0.1, 0.15) is 0 Å². The highest BCUT2D eigenvalue weighted by molar-refractivity contribution is 7.99. The summed E-state index contributed by atoms with van der Waals surface area (Å²) in [6.07, 6.45) is 0.648. The van der Waals surface area contributed by atoms with Crippen molar-refractivity contribution in [1.82, 2.24) is 4.90 Å². The molecule has 0 bridgehead atoms. The Morgan fingerprint density at radius 1 is 1.41 bits per heavy atom. The minimum absolute atomic E-state index is 0.190. The molecule has 1 aromatic rings. The Morgan fingerprint density at radius 2 is 2.18 bits per heavy atom. The number of thioether (sulfide) groups is 1. The quantitative estimate of drug-likeness (QED) is 0.889. The molecule has 1 unspecified atom stereocenters. The SMILES string of the molecule is CC[C@@H](O)CN1CCSCC1c1ccccc1. The van der Waals surface area contributed by atoms with Crippen LogP contribution in [0.3, 0.4) is 0 Å². The molecule has 2 nitrogen and oxygen atoms in total. The van der Waals surface area contributed by atoms with Crippen LogP contribution in [0.15, 0.2) is 30.3 Å². The lowest BCUT2D eigenvalue weighted by atomic mass is 10.1. The Morgan fingerprint density at radius 3 is 2.88 bits per heavy atom. The highest BCUT2D eigenvalue weighted by Gasteiger charge is 2.25. The van der Waals surface area contributed by atoms with Crippen molar-refractivity contribution in [2.24, 2.45) is 0 Å². The molecule has 0 radical (unpaired) electrons. The lowest BCUT2D eigenvalue weighted by Crippen LogP contribution is -2.40. The normalized spacial score (nSPS) is 23.5. The van der Waals surface area contributed by atoms with Gasteiger partial charge in [0.15, 0.2) is 0 Å². The van der Waals surface area contributed by atoms with E-state index in [0.29, 0.717) is 6.04 Å². The molecule has 0 aromatic heterocycles. The Labute approximate surface area is 108 Å². The van der Waals surface area contributed by atoms with E-state index in [9.17, 15) is 5.11 Å². The fourth-order valence-corrected chi connectivity index (χ4v) is 3.40. The van der Waals surface area contributed by atoms with Crippen LogP contribution in [0.1, 0.15) is 24.9 Å². The Bertz CT molecular complexity index is 330. The first-order valence-corrected chi connectivity index (χ1v) is 7.51. The molecule has 0 aliphatic carbocycles. The maximum Gasteiger partial charge on any atom is 0.0664 e. The third-order valence-corrected chi connectivity index (χ3v) is 4.36. The number of hydrogen-bond donors (Lipinski definition) is 1. The van der Waals surface area contributed by atoms with Gasteiger partial charge in [0.25, 0.3) is 0 Å². The largest absolute Gasteiger partial charge is 0.392 e. The van der Waals surface area contributed by atoms with Crippen molar-refractivity contribution in [3.8, 4) is 0 Å². The molecule has 1 N–H and O–H groups in total. The molecule has 2 rings (SSSR count). The minimum atomic E-state index is -0.190. The zero-order valence-corrected chi connectivity index (χ0v) is 11.2. The first kappa shape index (κ1) is 12.9. The average molecular weight is 251 g/mol. The topological polar surface area (TPSA) is 23.5 Å². The zero-order chi connectivity index (χ0) is 12.1. The number of aliphatic hydroxyl groups excluding tert-OH is 1. The molecule has 0 spiro atoms. The van der Waals surface area contributed by atoms with Crippen LogP contribution < -0.4 is 0 Å². The van der Waals surface area contributed by atoms with E-state index < -0.39 is 0 Å². The van der Waals surface area contributed by atoms with Gasteiger partial charge < -0.3 is 5.11 Å². The summed E-state index contributed by atoms with van der Waals surface area (Å²) >= 11 is 2.01. The monoisotopic (exact) mass is 251 g/mol. The molecule has 0 saturated carbocycles. The van der Waals surface area contributed by atoms with Crippen molar-refractivity contribution < 1.29 is 5.11 Å². The van der Waals surface area contributed by atoms with Crippen LogP contribution in [-0.2, 0) is 0 Å². The summed E-state index contributed by atoms with van der Waals surface area (Å²) in [5.74, 6) is 2.32. The zero-order valence-electron chi connectivity index (χ0n) is 10.4. The van der Waals surface area contributed by atoms with Crippen LogP contribution in [0.25, 0.3) is 0 Å². The van der Waals surface area contributed by atoms with Crippen molar-refractivity contribution in [3.05, 3.63) is 35.9 Å². The maximum absolute atomic E-state index is 9.83. The third kappa shape index (κ3) is 3.47. The van der Waals surface area contributed by atoms with Gasteiger partial charge in [0, 0.05) is 30.6 Å². The van der Waals surface area contributed by atoms with E-state index >= 15 is 0 Å². The average Bonchev–Trinajstić information content (AvgIpc) is 2.40. The van der Waals surface area contributed by atoms with Crippen LogP contribution in [0, 0.1) is 0 Å². The van der Waals surface area contributed by atoms with Crippen LogP contribution in [0.4, 0.5) is 0 Å². The van der Waals surface area contributed by atoms with Gasteiger partial charge in [-0.1, -0.05) is 37.3 Å². The second-order valence-corrected chi connectivity index (χ2v) is 5.71. The van der Waals surface area contributed by atoms with E-state index in [1.165, 1.54) is 11.3 Å². The van der Waals surface area contributed by atoms with Gasteiger partial charge in [-0.25, -0.2) is 0 Å². The molecular formula is C14H21NOS. The van der Waals surface area contributed by atoms with Crippen LogP contribution in [-0.4, -0.2) is 40.7 Å². The Kier molecular flexibility index (Phi) is 4.89. The van der Waals surface area contributed by atoms with E-state index in [1.807, 2.05) is 18.7 Å². The number of aliphatic hydroxyl groups is 1. The van der Waals surface area contributed by atoms with Gasteiger partial charge in [0.05, 0.1) is 6.10 Å². The second kappa shape index (κ2) is 6.43. The number of nitrogens with zero attached hydrogens (tertiary/aromatic N) is 1. The summed E-state index contributed by atoms with van der Waals surface area (Å²) < 4.78 is 0. The number of rotatable bonds is 4. The molecule has 17 heavy (non-hydrogen) atoms. The smallest absolute Gasteiger partial charge is 0.0664 e. The number of β-amino-alcohol motifs (C(OH)–C–C–N with tert-alkyl or cyclic N) is 1. The third-order valence-electron chi connectivity index (χ3n) is 3.34. The van der Waals surface area contributed by atoms with Gasteiger partial charge in [0.2, 0.25) is 0 Å². The van der Waals surface area contributed by atoms with Gasteiger partial charge in [-0.05, 0) is 12.0 Å². The molecule has 0 amide bonds. The van der Waals surface area contributed by atoms with Gasteiger partial charge in [-0.3, -0.25) is 4.90 Å². The standard InChI is InChI=1S/C14H21NOS/c1-2-13(16)10-15-8-9-17-11-14(15)12-6-4-3-5-7-12/h3-7,13-14,16H,2,8-11H2,1H3/t13-,14?/m1/s1. The van der Waals surface area contributed by atoms with Crippen molar-refractivity contribution in [2.45, 2.75) is 25.5 Å². The second-order valence-electron chi connectivity index (χ2n) is 4.56. The Balaban J connectivity index is 2.07. The van der Waals surface area contributed by atoms with E-state index in [1.54, 1.807) is 0 Å². The number of hydrogen-bond acceptors (Lipinski definition) is 3. The molecule has 1 aliphatic heterocycles. The van der Waals surface area contributed by atoms with Crippen LogP contribution >= 0.6 is 11.8 Å². The van der Waals surface area contributed by atoms with Crippen molar-refractivity contribution in [2.75, 3.05) is 24.6 Å². The molecule has 3 heteroatoms. The molecule has 94 valence electrons. The molecule has 1 fully saturated rings. The van der Waals surface area contributed by atoms with Gasteiger partial charge in [-0.15, -0.1) is 0 Å². The van der Waals surface area contributed by atoms with Crippen molar-refractivity contribution >= 4 is 11.8 Å². The summed E-state index contributed by atoms with van der Waals surface area (Å²) in [5.41, 5.74) is 1.38. The Hall–Kier alpha value is -0.510. The summed E-state index contributed by atoms with van der Waals surface area (Å²) in [7, 11) is 0. The molecule has 1 heterocycles. The minimum Gasteiger partial charge on any atom is -0.392 e. The lowest BCUT2D eigenvalue weighted by Gasteiger charge is -2.36. The van der Waals surface area contributed by atoms with Crippen LogP contribution in [0.2, 0.25) is 0 Å². The number of benzene rings is 1. The summed E-state index contributed by atoms with van der Waals surface area (Å²) in [6, 6.07) is 11.1. The highest BCUT2D eigenvalue weighted by atomic mass is 32.2. The van der Waals surface area contributed by atoms with Gasteiger partial charge in [-0.2, -0.15) is 11.8 Å². The van der Waals surface area contributed by atoms with Crippen molar-refractivity contribution in [3.63, 3.8) is 0 Å². The fourth-order valence-electron chi connectivity index (χ4n) is 2.24. The fraction of sp³-hybridized carbons (Fsp3) is 0.571. The van der Waals surface area contributed by atoms with Crippen molar-refractivity contribution in [1.29, 1.82) is 0 Å². The molecule has 1 aromatic carbocycles.